The molecule has 10 rings (SSSR count). The topological polar surface area (TPSA) is 42.2 Å². The van der Waals surface area contributed by atoms with Gasteiger partial charge in [0.1, 0.15) is 6.10 Å². The number of carbonyl (C=O) groups is 1. The van der Waals surface area contributed by atoms with Gasteiger partial charge in [0.25, 0.3) is 0 Å². The van der Waals surface area contributed by atoms with E-state index in [9.17, 15) is 9.90 Å². The van der Waals surface area contributed by atoms with E-state index >= 15 is 0 Å². The van der Waals surface area contributed by atoms with Gasteiger partial charge in [-0.2, -0.15) is 0 Å². The molecule has 0 aliphatic heterocycles. The lowest BCUT2D eigenvalue weighted by Crippen LogP contribution is -2.40. The van der Waals surface area contributed by atoms with Crippen LogP contribution < -0.4 is 0 Å². The highest BCUT2D eigenvalue weighted by Gasteiger charge is 2.39. The fraction of sp³-hybridized carbons (Fsp3) is 0.0833. The number of rotatable bonds is 2. The number of fused-ring (bicyclic) bond motifs is 4. The Morgan fingerprint density at radius 2 is 1.23 bits per heavy atom. The number of aromatic nitrogens is 1. The molecule has 3 nitrogen and oxygen atoms in total. The van der Waals surface area contributed by atoms with Gasteiger partial charge in [-0.25, -0.2) is 0 Å². The maximum Gasteiger partial charge on any atom is 0.173 e. The highest BCUT2D eigenvalue weighted by Crippen LogP contribution is 2.45. The average molecular weight is 502 g/mol. The molecule has 1 heterocycles. The Morgan fingerprint density at radius 3 is 1.95 bits per heavy atom. The Kier molecular flexibility index (Phi) is 4.05. The van der Waals surface area contributed by atoms with Crippen molar-refractivity contribution in [1.29, 1.82) is 0 Å². The van der Waals surface area contributed by atoms with Gasteiger partial charge >= 0.3 is 0 Å². The molecule has 2 bridgehead atoms. The number of benzene rings is 6. The SMILES string of the molecule is O=C1C2C=CC(C=C2c2ccc3ccc4c(-n5c6ccccc6c6ccccc65)ccc5ccc2c3c54)C1O. The molecule has 0 saturated carbocycles. The van der Waals surface area contributed by atoms with Crippen LogP contribution in [0.1, 0.15) is 5.56 Å². The number of Topliss-reactive ketones (excluding diaryl/α,β-unsaturated/α-hetero) is 1. The molecule has 6 aromatic carbocycles. The van der Waals surface area contributed by atoms with Crippen LogP contribution in [0.3, 0.4) is 0 Å². The van der Waals surface area contributed by atoms with Crippen molar-refractivity contribution in [1.82, 2.24) is 4.57 Å². The Balaban J connectivity index is 1.37. The fourth-order valence-electron chi connectivity index (χ4n) is 7.20. The maximum absolute atomic E-state index is 12.9. The molecule has 39 heavy (non-hydrogen) atoms. The number of nitrogens with zero attached hydrogens (tertiary/aromatic N) is 1. The van der Waals surface area contributed by atoms with Crippen LogP contribution in [0.15, 0.2) is 115 Å². The van der Waals surface area contributed by atoms with Crippen LogP contribution in [0.2, 0.25) is 0 Å². The highest BCUT2D eigenvalue weighted by molar-refractivity contribution is 6.27. The van der Waals surface area contributed by atoms with Crippen molar-refractivity contribution < 1.29 is 9.90 Å². The number of hydrogen-bond acceptors (Lipinski definition) is 2. The van der Waals surface area contributed by atoms with E-state index in [0.29, 0.717) is 0 Å². The van der Waals surface area contributed by atoms with Crippen LogP contribution in [-0.2, 0) is 4.79 Å². The third-order valence-electron chi connectivity index (χ3n) is 8.97. The summed E-state index contributed by atoms with van der Waals surface area (Å²) in [4.78, 5) is 12.9. The van der Waals surface area contributed by atoms with Crippen LogP contribution in [0.25, 0.3) is 65.4 Å². The summed E-state index contributed by atoms with van der Waals surface area (Å²) in [5.74, 6) is -0.742. The first-order valence-corrected chi connectivity index (χ1v) is 13.5. The molecule has 0 radical (unpaired) electrons. The molecule has 0 fully saturated rings. The van der Waals surface area contributed by atoms with Crippen LogP contribution in [0.5, 0.6) is 0 Å². The average Bonchev–Trinajstić information content (AvgIpc) is 3.32. The summed E-state index contributed by atoms with van der Waals surface area (Å²) in [6.45, 7) is 0. The molecule has 184 valence electrons. The molecular formula is C36H23NO2. The summed E-state index contributed by atoms with van der Waals surface area (Å²) >= 11 is 0. The van der Waals surface area contributed by atoms with E-state index in [-0.39, 0.29) is 11.7 Å². The van der Waals surface area contributed by atoms with E-state index in [0.717, 1.165) is 22.2 Å². The predicted molar refractivity (Wildman–Crippen MR) is 160 cm³/mol. The molecular weight excluding hydrogens is 478 g/mol. The van der Waals surface area contributed by atoms with Gasteiger partial charge in [0, 0.05) is 22.1 Å². The zero-order valence-electron chi connectivity index (χ0n) is 21.0. The lowest BCUT2D eigenvalue weighted by molar-refractivity contribution is -0.130. The van der Waals surface area contributed by atoms with Gasteiger partial charge in [0.15, 0.2) is 5.78 Å². The van der Waals surface area contributed by atoms with Crippen LogP contribution >= 0.6 is 0 Å². The van der Waals surface area contributed by atoms with Gasteiger partial charge in [0.2, 0.25) is 0 Å². The Bertz CT molecular complexity index is 2180. The number of para-hydroxylation sites is 2. The van der Waals surface area contributed by atoms with E-state index in [1.165, 1.54) is 48.7 Å². The molecule has 0 saturated heterocycles. The van der Waals surface area contributed by atoms with Crippen LogP contribution in [-0.4, -0.2) is 21.6 Å². The van der Waals surface area contributed by atoms with Gasteiger partial charge in [-0.3, -0.25) is 4.79 Å². The van der Waals surface area contributed by atoms with Crippen molar-refractivity contribution in [3.05, 3.63) is 121 Å². The Labute approximate surface area is 224 Å². The Morgan fingerprint density at radius 1 is 0.615 bits per heavy atom. The van der Waals surface area contributed by atoms with Gasteiger partial charge in [0.05, 0.1) is 22.6 Å². The number of aliphatic hydroxyl groups is 1. The normalized spacial score (nSPS) is 20.8. The standard InChI is InChI=1S/C36H23NO2/c38-35-22-12-16-27(36(35)39)29(19-22)23-14-9-20-11-17-28-32(18-13-21-10-15-26(23)33(20)34(21)28)37-30-7-3-1-5-24(30)25-6-2-4-8-31(25)37/h1-19,22,27,35,38H. The van der Waals surface area contributed by atoms with Crippen molar-refractivity contribution >= 4 is 65.5 Å². The second kappa shape index (κ2) is 7.43. The van der Waals surface area contributed by atoms with E-state index in [4.69, 9.17) is 0 Å². The van der Waals surface area contributed by atoms with Crippen molar-refractivity contribution in [3.8, 4) is 5.69 Å². The summed E-state index contributed by atoms with van der Waals surface area (Å²) in [6, 6.07) is 34.9. The number of allylic oxidation sites excluding steroid dienone is 2. The summed E-state index contributed by atoms with van der Waals surface area (Å²) in [6.07, 6.45) is 5.09. The van der Waals surface area contributed by atoms with Crippen LogP contribution in [0.4, 0.5) is 0 Å². The zero-order valence-corrected chi connectivity index (χ0v) is 21.0. The highest BCUT2D eigenvalue weighted by atomic mass is 16.3. The first-order chi connectivity index (χ1) is 19.2. The van der Waals surface area contributed by atoms with Gasteiger partial charge in [-0.05, 0) is 56.3 Å². The summed E-state index contributed by atoms with van der Waals surface area (Å²) < 4.78 is 2.39. The summed E-state index contributed by atoms with van der Waals surface area (Å²) in [5.41, 5.74) is 5.65. The van der Waals surface area contributed by atoms with Crippen LogP contribution in [0, 0.1) is 11.8 Å². The van der Waals surface area contributed by atoms with E-state index < -0.39 is 12.0 Å². The van der Waals surface area contributed by atoms with E-state index in [1.807, 2.05) is 12.2 Å². The van der Waals surface area contributed by atoms with Crippen molar-refractivity contribution in [3.63, 3.8) is 0 Å². The molecule has 3 aliphatic carbocycles. The molecule has 3 unspecified atom stereocenters. The molecule has 1 aromatic heterocycles. The monoisotopic (exact) mass is 501 g/mol. The quantitative estimate of drug-likeness (QED) is 0.194. The number of hydrogen-bond donors (Lipinski definition) is 1. The fourth-order valence-corrected chi connectivity index (χ4v) is 7.20. The van der Waals surface area contributed by atoms with Gasteiger partial charge in [-0.1, -0.05) is 97.1 Å². The third-order valence-corrected chi connectivity index (χ3v) is 8.97. The first-order valence-electron chi connectivity index (χ1n) is 13.5. The van der Waals surface area contributed by atoms with Crippen molar-refractivity contribution in [2.45, 2.75) is 6.10 Å². The molecule has 3 heteroatoms. The largest absolute Gasteiger partial charge is 0.384 e. The van der Waals surface area contributed by atoms with E-state index in [2.05, 4.69) is 108 Å². The second-order valence-electron chi connectivity index (χ2n) is 10.9. The third kappa shape index (κ3) is 2.68. The second-order valence-corrected chi connectivity index (χ2v) is 10.9. The minimum absolute atomic E-state index is 0.0978. The minimum Gasteiger partial charge on any atom is -0.384 e. The van der Waals surface area contributed by atoms with Crippen molar-refractivity contribution in [2.24, 2.45) is 11.8 Å². The zero-order chi connectivity index (χ0) is 25.8. The summed E-state index contributed by atoms with van der Waals surface area (Å²) in [7, 11) is 0. The smallest absolute Gasteiger partial charge is 0.173 e. The number of ketones is 1. The molecule has 0 spiro atoms. The van der Waals surface area contributed by atoms with E-state index in [1.54, 1.807) is 0 Å². The number of carbonyl (C=O) groups excluding carboxylic acids is 1. The summed E-state index contributed by atoms with van der Waals surface area (Å²) in [5, 5.41) is 20.1. The molecule has 7 aromatic rings. The lowest BCUT2D eigenvalue weighted by atomic mass is 9.71. The minimum atomic E-state index is -0.933. The predicted octanol–water partition coefficient (Wildman–Crippen LogP) is 7.81. The molecule has 0 amide bonds. The van der Waals surface area contributed by atoms with Crippen molar-refractivity contribution in [2.75, 3.05) is 0 Å². The molecule has 3 atom stereocenters. The van der Waals surface area contributed by atoms with Gasteiger partial charge < -0.3 is 9.67 Å². The lowest BCUT2D eigenvalue weighted by Gasteiger charge is -2.34. The van der Waals surface area contributed by atoms with Gasteiger partial charge in [-0.15, -0.1) is 0 Å². The maximum atomic E-state index is 12.9. The molecule has 1 N–H and O–H groups in total. The Hall–Kier alpha value is -4.73. The molecule has 3 aliphatic rings. The first kappa shape index (κ1) is 21.2. The number of aliphatic hydroxyl groups excluding tert-OH is 1.